The SMILES string of the molecule is CC(NC1CCSC1)c1ccncc1. The molecule has 2 atom stereocenters. The molecule has 0 saturated carbocycles. The highest BCUT2D eigenvalue weighted by molar-refractivity contribution is 7.99. The van der Waals surface area contributed by atoms with Gasteiger partial charge in [-0.2, -0.15) is 11.8 Å². The number of rotatable bonds is 3. The van der Waals surface area contributed by atoms with E-state index in [1.54, 1.807) is 0 Å². The maximum atomic E-state index is 4.03. The largest absolute Gasteiger partial charge is 0.307 e. The summed E-state index contributed by atoms with van der Waals surface area (Å²) in [6, 6.07) is 5.31. The van der Waals surface area contributed by atoms with Gasteiger partial charge in [-0.05, 0) is 36.8 Å². The molecule has 0 amide bonds. The van der Waals surface area contributed by atoms with E-state index < -0.39 is 0 Å². The maximum absolute atomic E-state index is 4.03. The lowest BCUT2D eigenvalue weighted by Crippen LogP contribution is -2.31. The van der Waals surface area contributed by atoms with Crippen LogP contribution in [0.4, 0.5) is 0 Å². The maximum Gasteiger partial charge on any atom is 0.0295 e. The molecule has 0 aromatic carbocycles. The van der Waals surface area contributed by atoms with Crippen LogP contribution in [0.3, 0.4) is 0 Å². The minimum atomic E-state index is 0.446. The van der Waals surface area contributed by atoms with Gasteiger partial charge in [-0.25, -0.2) is 0 Å². The Labute approximate surface area is 89.5 Å². The molecule has 0 radical (unpaired) electrons. The summed E-state index contributed by atoms with van der Waals surface area (Å²) in [5, 5.41) is 3.65. The lowest BCUT2D eigenvalue weighted by atomic mass is 10.1. The third kappa shape index (κ3) is 2.49. The van der Waals surface area contributed by atoms with Crippen molar-refractivity contribution in [2.24, 2.45) is 0 Å². The van der Waals surface area contributed by atoms with Gasteiger partial charge < -0.3 is 5.32 Å². The highest BCUT2D eigenvalue weighted by Gasteiger charge is 2.17. The second-order valence-electron chi connectivity index (χ2n) is 3.73. The lowest BCUT2D eigenvalue weighted by Gasteiger charge is -2.18. The Kier molecular flexibility index (Phi) is 3.43. The molecule has 1 aromatic rings. The first-order valence-corrected chi connectivity index (χ1v) is 6.25. The van der Waals surface area contributed by atoms with Gasteiger partial charge >= 0.3 is 0 Å². The van der Waals surface area contributed by atoms with Crippen molar-refractivity contribution in [1.29, 1.82) is 0 Å². The molecule has 2 heterocycles. The van der Waals surface area contributed by atoms with Crippen LogP contribution < -0.4 is 5.32 Å². The van der Waals surface area contributed by atoms with Crippen molar-refractivity contribution in [3.05, 3.63) is 30.1 Å². The Morgan fingerprint density at radius 2 is 2.29 bits per heavy atom. The topological polar surface area (TPSA) is 24.9 Å². The van der Waals surface area contributed by atoms with Crippen LogP contribution in [0.2, 0.25) is 0 Å². The van der Waals surface area contributed by atoms with Crippen LogP contribution in [-0.2, 0) is 0 Å². The molecule has 1 saturated heterocycles. The van der Waals surface area contributed by atoms with Gasteiger partial charge in [0, 0.05) is 30.2 Å². The third-order valence-electron chi connectivity index (χ3n) is 2.62. The van der Waals surface area contributed by atoms with E-state index >= 15 is 0 Å². The van der Waals surface area contributed by atoms with Crippen LogP contribution in [0.5, 0.6) is 0 Å². The first kappa shape index (κ1) is 9.99. The summed E-state index contributed by atoms with van der Waals surface area (Å²) in [5.41, 5.74) is 1.33. The summed E-state index contributed by atoms with van der Waals surface area (Å²) < 4.78 is 0. The fraction of sp³-hybridized carbons (Fsp3) is 0.545. The quantitative estimate of drug-likeness (QED) is 0.824. The van der Waals surface area contributed by atoms with Gasteiger partial charge in [-0.15, -0.1) is 0 Å². The average Bonchev–Trinajstić information content (AvgIpc) is 2.72. The van der Waals surface area contributed by atoms with Gasteiger partial charge in [-0.1, -0.05) is 0 Å². The number of hydrogen-bond acceptors (Lipinski definition) is 3. The Morgan fingerprint density at radius 1 is 1.50 bits per heavy atom. The second-order valence-corrected chi connectivity index (χ2v) is 4.88. The Hall–Kier alpha value is -0.540. The van der Waals surface area contributed by atoms with Gasteiger partial charge in [0.1, 0.15) is 0 Å². The average molecular weight is 208 g/mol. The van der Waals surface area contributed by atoms with E-state index in [9.17, 15) is 0 Å². The van der Waals surface area contributed by atoms with E-state index in [1.165, 1.54) is 23.5 Å². The van der Waals surface area contributed by atoms with E-state index in [-0.39, 0.29) is 0 Å². The summed E-state index contributed by atoms with van der Waals surface area (Å²) in [4.78, 5) is 4.03. The number of hydrogen-bond donors (Lipinski definition) is 1. The zero-order valence-corrected chi connectivity index (χ0v) is 9.26. The fourth-order valence-electron chi connectivity index (χ4n) is 1.77. The van der Waals surface area contributed by atoms with Gasteiger partial charge in [0.15, 0.2) is 0 Å². The summed E-state index contributed by atoms with van der Waals surface area (Å²) >= 11 is 2.04. The minimum Gasteiger partial charge on any atom is -0.307 e. The predicted octanol–water partition coefficient (Wildman–Crippen LogP) is 2.24. The van der Waals surface area contributed by atoms with Crippen molar-refractivity contribution < 1.29 is 0 Å². The standard InChI is InChI=1S/C11H16N2S/c1-9(10-2-5-12-6-3-10)13-11-4-7-14-8-11/h2-3,5-6,9,11,13H,4,7-8H2,1H3. The zero-order chi connectivity index (χ0) is 9.80. The number of pyridine rings is 1. The monoisotopic (exact) mass is 208 g/mol. The van der Waals surface area contributed by atoms with Crippen LogP contribution in [0, 0.1) is 0 Å². The smallest absolute Gasteiger partial charge is 0.0295 e. The van der Waals surface area contributed by atoms with Gasteiger partial charge in [0.2, 0.25) is 0 Å². The van der Waals surface area contributed by atoms with Crippen LogP contribution in [0.1, 0.15) is 24.9 Å². The number of thioether (sulfide) groups is 1. The lowest BCUT2D eigenvalue weighted by molar-refractivity contribution is 0.486. The molecule has 1 aliphatic rings. The molecule has 0 bridgehead atoms. The van der Waals surface area contributed by atoms with Crippen molar-refractivity contribution in [1.82, 2.24) is 10.3 Å². The summed E-state index contributed by atoms with van der Waals surface area (Å²) in [6.07, 6.45) is 5.02. The summed E-state index contributed by atoms with van der Waals surface area (Å²) in [7, 11) is 0. The molecule has 1 fully saturated rings. The first-order chi connectivity index (χ1) is 6.86. The van der Waals surface area contributed by atoms with Crippen LogP contribution >= 0.6 is 11.8 Å². The van der Waals surface area contributed by atoms with E-state index in [2.05, 4.69) is 29.4 Å². The molecule has 3 heteroatoms. The van der Waals surface area contributed by atoms with Crippen LogP contribution in [0.25, 0.3) is 0 Å². The van der Waals surface area contributed by atoms with E-state index in [4.69, 9.17) is 0 Å². The Bertz CT molecular complexity index is 270. The van der Waals surface area contributed by atoms with E-state index in [1.807, 2.05) is 24.2 Å². The third-order valence-corrected chi connectivity index (χ3v) is 3.78. The molecule has 14 heavy (non-hydrogen) atoms. The molecule has 0 spiro atoms. The number of aromatic nitrogens is 1. The molecule has 0 aliphatic carbocycles. The van der Waals surface area contributed by atoms with Crippen LogP contribution in [-0.4, -0.2) is 22.5 Å². The molecule has 1 N–H and O–H groups in total. The predicted molar refractivity (Wildman–Crippen MR) is 61.5 cm³/mol. The van der Waals surface area contributed by atoms with Crippen molar-refractivity contribution >= 4 is 11.8 Å². The molecule has 76 valence electrons. The molecule has 1 aromatic heterocycles. The Balaban J connectivity index is 1.92. The molecule has 2 rings (SSSR count). The van der Waals surface area contributed by atoms with Crippen molar-refractivity contribution in [3.63, 3.8) is 0 Å². The number of nitrogens with zero attached hydrogens (tertiary/aromatic N) is 1. The van der Waals surface area contributed by atoms with E-state index in [0.717, 1.165) is 0 Å². The molecular weight excluding hydrogens is 192 g/mol. The minimum absolute atomic E-state index is 0.446. The van der Waals surface area contributed by atoms with Crippen LogP contribution in [0.15, 0.2) is 24.5 Å². The molecule has 2 unspecified atom stereocenters. The number of nitrogens with one attached hydrogen (secondary N) is 1. The highest BCUT2D eigenvalue weighted by atomic mass is 32.2. The second kappa shape index (κ2) is 4.80. The molecule has 2 nitrogen and oxygen atoms in total. The Morgan fingerprint density at radius 3 is 2.93 bits per heavy atom. The fourth-order valence-corrected chi connectivity index (χ4v) is 2.93. The molecule has 1 aliphatic heterocycles. The van der Waals surface area contributed by atoms with Gasteiger partial charge in [0.25, 0.3) is 0 Å². The first-order valence-electron chi connectivity index (χ1n) is 5.10. The van der Waals surface area contributed by atoms with Crippen molar-refractivity contribution in [2.45, 2.75) is 25.4 Å². The normalized spacial score (nSPS) is 23.6. The van der Waals surface area contributed by atoms with E-state index in [0.29, 0.717) is 12.1 Å². The van der Waals surface area contributed by atoms with Crippen molar-refractivity contribution in [3.8, 4) is 0 Å². The zero-order valence-electron chi connectivity index (χ0n) is 8.44. The molecular formula is C11H16N2S. The van der Waals surface area contributed by atoms with Gasteiger partial charge in [-0.3, -0.25) is 4.98 Å². The summed E-state index contributed by atoms with van der Waals surface area (Å²) in [6.45, 7) is 2.22. The van der Waals surface area contributed by atoms with Crippen molar-refractivity contribution in [2.75, 3.05) is 11.5 Å². The van der Waals surface area contributed by atoms with Gasteiger partial charge in [0.05, 0.1) is 0 Å². The highest BCUT2D eigenvalue weighted by Crippen LogP contribution is 2.20. The summed E-state index contributed by atoms with van der Waals surface area (Å²) in [5.74, 6) is 2.57.